The van der Waals surface area contributed by atoms with Crippen LogP contribution in [0.5, 0.6) is 5.75 Å². The maximum Gasteiger partial charge on any atom is 0.261 e. The highest BCUT2D eigenvalue weighted by Crippen LogP contribution is 2.23. The minimum absolute atomic E-state index is 0.127. The number of sulfonamides is 1. The largest absolute Gasteiger partial charge is 0.496 e. The molecule has 0 amide bonds. The maximum atomic E-state index is 12.7. The number of para-hydroxylation sites is 2. The van der Waals surface area contributed by atoms with E-state index in [1.54, 1.807) is 61.7 Å². The van der Waals surface area contributed by atoms with E-state index < -0.39 is 10.0 Å². The lowest BCUT2D eigenvalue weighted by molar-refractivity contribution is 0.104. The van der Waals surface area contributed by atoms with Gasteiger partial charge >= 0.3 is 0 Å². The molecule has 0 aliphatic carbocycles. The quantitative estimate of drug-likeness (QED) is 0.477. The van der Waals surface area contributed by atoms with Crippen LogP contribution in [0, 0.1) is 0 Å². The van der Waals surface area contributed by atoms with Crippen LogP contribution in [-0.4, -0.2) is 21.3 Å². The molecule has 3 aromatic rings. The number of nitrogens with one attached hydrogen (secondary N) is 1. The van der Waals surface area contributed by atoms with Gasteiger partial charge in [0.2, 0.25) is 0 Å². The predicted octanol–water partition coefficient (Wildman–Crippen LogP) is 4.39. The maximum absolute atomic E-state index is 12.7. The van der Waals surface area contributed by atoms with E-state index in [1.807, 2.05) is 18.2 Å². The van der Waals surface area contributed by atoms with Crippen molar-refractivity contribution in [2.24, 2.45) is 0 Å². The number of benzene rings is 3. The van der Waals surface area contributed by atoms with Crippen LogP contribution in [0.15, 0.2) is 89.8 Å². The molecule has 0 aromatic heterocycles. The summed E-state index contributed by atoms with van der Waals surface area (Å²) in [5.41, 5.74) is 1.23. The van der Waals surface area contributed by atoms with Crippen molar-refractivity contribution in [2.75, 3.05) is 11.8 Å². The third kappa shape index (κ3) is 4.47. The molecule has 0 atom stereocenters. The predicted molar refractivity (Wildman–Crippen MR) is 110 cm³/mol. The van der Waals surface area contributed by atoms with Crippen LogP contribution in [0.1, 0.15) is 15.9 Å². The zero-order valence-electron chi connectivity index (χ0n) is 15.2. The molecule has 0 saturated carbocycles. The summed E-state index contributed by atoms with van der Waals surface area (Å²) >= 11 is 0. The van der Waals surface area contributed by atoms with Gasteiger partial charge in [0.25, 0.3) is 10.0 Å². The van der Waals surface area contributed by atoms with Gasteiger partial charge in [-0.15, -0.1) is 0 Å². The first-order chi connectivity index (χ1) is 13.5. The van der Waals surface area contributed by atoms with E-state index in [4.69, 9.17) is 4.74 Å². The second-order valence-corrected chi connectivity index (χ2v) is 7.59. The first-order valence-corrected chi connectivity index (χ1v) is 10.0. The molecule has 0 unspecified atom stereocenters. The number of allylic oxidation sites excluding steroid dienone is 1. The van der Waals surface area contributed by atoms with Crippen LogP contribution in [0.25, 0.3) is 6.08 Å². The first-order valence-electron chi connectivity index (χ1n) is 8.53. The molecular weight excluding hydrogens is 374 g/mol. The second kappa shape index (κ2) is 8.54. The smallest absolute Gasteiger partial charge is 0.261 e. The number of carbonyl (C=O) groups is 1. The molecule has 0 bridgehead atoms. The van der Waals surface area contributed by atoms with Crippen LogP contribution in [0.2, 0.25) is 0 Å². The van der Waals surface area contributed by atoms with Gasteiger partial charge in [-0.2, -0.15) is 0 Å². The molecule has 6 heteroatoms. The molecule has 5 nitrogen and oxygen atoms in total. The number of methoxy groups -OCH3 is 1. The van der Waals surface area contributed by atoms with Crippen LogP contribution >= 0.6 is 0 Å². The average Bonchev–Trinajstić information content (AvgIpc) is 2.73. The van der Waals surface area contributed by atoms with Gasteiger partial charge in [0.15, 0.2) is 5.78 Å². The minimum atomic E-state index is -3.79. The average molecular weight is 393 g/mol. The number of ketones is 1. The molecule has 0 spiro atoms. The van der Waals surface area contributed by atoms with Crippen molar-refractivity contribution in [1.82, 2.24) is 0 Å². The van der Waals surface area contributed by atoms with Crippen LogP contribution in [0.3, 0.4) is 0 Å². The van der Waals surface area contributed by atoms with Crippen molar-refractivity contribution >= 4 is 27.6 Å². The molecule has 0 aliphatic rings. The van der Waals surface area contributed by atoms with Crippen molar-refractivity contribution in [2.45, 2.75) is 4.90 Å². The molecule has 0 heterocycles. The summed E-state index contributed by atoms with van der Waals surface area (Å²) in [7, 11) is -2.24. The molecule has 142 valence electrons. The number of rotatable bonds is 7. The Kier molecular flexibility index (Phi) is 5.91. The summed E-state index contributed by atoms with van der Waals surface area (Å²) in [5.74, 6) is 0.321. The van der Waals surface area contributed by atoms with Gasteiger partial charge < -0.3 is 4.74 Å². The van der Waals surface area contributed by atoms with Crippen LogP contribution < -0.4 is 9.46 Å². The first kappa shape index (κ1) is 19.4. The molecular formula is C22H19NO4S. The van der Waals surface area contributed by atoms with Crippen LogP contribution in [-0.2, 0) is 10.0 Å². The second-order valence-electron chi connectivity index (χ2n) is 5.90. The highest BCUT2D eigenvalue weighted by molar-refractivity contribution is 7.92. The van der Waals surface area contributed by atoms with Gasteiger partial charge in [-0.1, -0.05) is 48.5 Å². The van der Waals surface area contributed by atoms with Gasteiger partial charge in [-0.3, -0.25) is 9.52 Å². The van der Waals surface area contributed by atoms with E-state index in [0.29, 0.717) is 5.75 Å². The zero-order chi connectivity index (χ0) is 20.0. The van der Waals surface area contributed by atoms with Crippen molar-refractivity contribution in [3.63, 3.8) is 0 Å². The molecule has 0 saturated heterocycles. The summed E-state index contributed by atoms with van der Waals surface area (Å²) in [5, 5.41) is 0. The molecule has 1 N–H and O–H groups in total. The zero-order valence-corrected chi connectivity index (χ0v) is 16.0. The van der Waals surface area contributed by atoms with E-state index in [0.717, 1.165) is 5.56 Å². The monoisotopic (exact) mass is 393 g/mol. The number of hydrogen-bond acceptors (Lipinski definition) is 4. The van der Waals surface area contributed by atoms with Crippen molar-refractivity contribution in [3.05, 3.63) is 96.1 Å². The van der Waals surface area contributed by atoms with Gasteiger partial charge in [0.1, 0.15) is 5.75 Å². The Labute approximate surface area is 164 Å². The fraction of sp³-hybridized carbons (Fsp3) is 0.0455. The molecule has 0 radical (unpaired) electrons. The van der Waals surface area contributed by atoms with Gasteiger partial charge in [-0.25, -0.2) is 8.42 Å². The summed E-state index contributed by atoms with van der Waals surface area (Å²) in [4.78, 5) is 12.8. The Morgan fingerprint density at radius 1 is 0.893 bits per heavy atom. The van der Waals surface area contributed by atoms with Crippen molar-refractivity contribution < 1.29 is 17.9 Å². The molecule has 0 fully saturated rings. The lowest BCUT2D eigenvalue weighted by Gasteiger charge is -2.11. The summed E-state index contributed by atoms with van der Waals surface area (Å²) in [6.07, 6.45) is 3.04. The van der Waals surface area contributed by atoms with Gasteiger partial charge in [-0.05, 0) is 42.5 Å². The van der Waals surface area contributed by atoms with Crippen LogP contribution in [0.4, 0.5) is 5.69 Å². The van der Waals surface area contributed by atoms with Gasteiger partial charge in [0.05, 0.1) is 17.7 Å². The van der Waals surface area contributed by atoms with E-state index in [-0.39, 0.29) is 21.9 Å². The van der Waals surface area contributed by atoms with Crippen molar-refractivity contribution in [3.8, 4) is 5.75 Å². The Bertz CT molecular complexity index is 1110. The summed E-state index contributed by atoms with van der Waals surface area (Å²) in [6.45, 7) is 0. The molecule has 3 aromatic carbocycles. The Hall–Kier alpha value is -3.38. The van der Waals surface area contributed by atoms with E-state index >= 15 is 0 Å². The minimum Gasteiger partial charge on any atom is -0.496 e. The standard InChI is InChI=1S/C22H19NO4S/c1-27-22-14-8-5-9-17(22)15-16-21(24)19-12-6-7-13-20(19)23-28(25,26)18-10-3-2-4-11-18/h2-16,23H,1H3/b16-15+. The fourth-order valence-corrected chi connectivity index (χ4v) is 3.75. The lowest BCUT2D eigenvalue weighted by Crippen LogP contribution is -2.15. The third-order valence-electron chi connectivity index (χ3n) is 4.04. The molecule has 3 rings (SSSR count). The lowest BCUT2D eigenvalue weighted by atomic mass is 10.1. The number of carbonyl (C=O) groups excluding carboxylic acids is 1. The highest BCUT2D eigenvalue weighted by Gasteiger charge is 2.17. The number of ether oxygens (including phenoxy) is 1. The van der Waals surface area contributed by atoms with Crippen molar-refractivity contribution in [1.29, 1.82) is 0 Å². The Morgan fingerprint density at radius 2 is 1.54 bits per heavy atom. The fourth-order valence-electron chi connectivity index (χ4n) is 2.65. The molecule has 0 aliphatic heterocycles. The normalized spacial score (nSPS) is 11.3. The summed E-state index contributed by atoms with van der Waals surface area (Å²) in [6, 6.07) is 21.8. The SMILES string of the molecule is COc1ccccc1/C=C/C(=O)c1ccccc1NS(=O)(=O)c1ccccc1. The topological polar surface area (TPSA) is 72.5 Å². The Morgan fingerprint density at radius 3 is 2.29 bits per heavy atom. The number of hydrogen-bond donors (Lipinski definition) is 1. The number of anilines is 1. The third-order valence-corrected chi connectivity index (χ3v) is 5.42. The Balaban J connectivity index is 1.88. The summed E-state index contributed by atoms with van der Waals surface area (Å²) < 4.78 is 32.9. The highest BCUT2D eigenvalue weighted by atomic mass is 32.2. The molecule has 28 heavy (non-hydrogen) atoms. The van der Waals surface area contributed by atoms with E-state index in [9.17, 15) is 13.2 Å². The van der Waals surface area contributed by atoms with Gasteiger partial charge in [0, 0.05) is 11.1 Å². The van der Waals surface area contributed by atoms with E-state index in [2.05, 4.69) is 4.72 Å². The van der Waals surface area contributed by atoms with E-state index in [1.165, 1.54) is 18.2 Å².